The van der Waals surface area contributed by atoms with Crippen LogP contribution in [-0.4, -0.2) is 27.2 Å². The van der Waals surface area contributed by atoms with Crippen LogP contribution in [0, 0.1) is 0 Å². The maximum Gasteiger partial charge on any atom is 0.261 e. The van der Waals surface area contributed by atoms with Crippen LogP contribution in [0.25, 0.3) is 0 Å². The minimum atomic E-state index is -3.72. The highest BCUT2D eigenvalue weighted by atomic mass is 79.9. The molecule has 0 aliphatic carbocycles. The third kappa shape index (κ3) is 6.12. The minimum absolute atomic E-state index is 0.0272. The zero-order chi connectivity index (χ0) is 14.7. The number of halogens is 2. The van der Waals surface area contributed by atoms with E-state index in [1.807, 2.05) is 20.8 Å². The Morgan fingerprint density at radius 3 is 2.37 bits per heavy atom. The lowest BCUT2D eigenvalue weighted by molar-refractivity contribution is -0.0163. The molecule has 7 heteroatoms. The molecule has 1 aromatic carbocycles. The molecule has 0 fully saturated rings. The van der Waals surface area contributed by atoms with E-state index in [2.05, 4.69) is 15.9 Å². The second kappa shape index (κ2) is 6.43. The molecule has 0 radical (unpaired) electrons. The van der Waals surface area contributed by atoms with Gasteiger partial charge in [-0.25, -0.2) is 8.42 Å². The SMILES string of the molecule is CC(C)(C)OCCOc1ccc(S(=O)(=O)Cl)cc1Br. The van der Waals surface area contributed by atoms with Gasteiger partial charge < -0.3 is 9.47 Å². The summed E-state index contributed by atoms with van der Waals surface area (Å²) in [6.45, 7) is 6.71. The lowest BCUT2D eigenvalue weighted by atomic mass is 10.2. The summed E-state index contributed by atoms with van der Waals surface area (Å²) >= 11 is 3.24. The van der Waals surface area contributed by atoms with Crippen LogP contribution in [0.2, 0.25) is 0 Å². The Labute approximate surface area is 126 Å². The summed E-state index contributed by atoms with van der Waals surface area (Å²) in [6, 6.07) is 4.35. The standard InChI is InChI=1S/C12H16BrClO4S/c1-12(2,3)18-7-6-17-11-5-4-9(8-10(11)13)19(14,15)16/h4-5,8H,6-7H2,1-3H3. The fourth-order valence-electron chi connectivity index (χ4n) is 1.25. The second-order valence-corrected chi connectivity index (χ2v) is 8.26. The summed E-state index contributed by atoms with van der Waals surface area (Å²) in [7, 11) is 1.53. The van der Waals surface area contributed by atoms with E-state index in [0.29, 0.717) is 23.4 Å². The van der Waals surface area contributed by atoms with Crippen LogP contribution in [0.4, 0.5) is 0 Å². The fraction of sp³-hybridized carbons (Fsp3) is 0.500. The Hall–Kier alpha value is -0.300. The molecule has 1 rings (SSSR count). The summed E-state index contributed by atoms with van der Waals surface area (Å²) in [4.78, 5) is 0.0272. The topological polar surface area (TPSA) is 52.6 Å². The molecule has 1 aromatic rings. The molecule has 0 atom stereocenters. The Morgan fingerprint density at radius 2 is 1.89 bits per heavy atom. The molecule has 0 bridgehead atoms. The van der Waals surface area contributed by atoms with Crippen molar-refractivity contribution in [2.45, 2.75) is 31.3 Å². The predicted octanol–water partition coefficient (Wildman–Crippen LogP) is 3.57. The van der Waals surface area contributed by atoms with Gasteiger partial charge in [-0.2, -0.15) is 0 Å². The van der Waals surface area contributed by atoms with Crippen LogP contribution in [0.15, 0.2) is 27.6 Å². The minimum Gasteiger partial charge on any atom is -0.490 e. The highest BCUT2D eigenvalue weighted by Gasteiger charge is 2.13. The monoisotopic (exact) mass is 370 g/mol. The van der Waals surface area contributed by atoms with Crippen molar-refractivity contribution in [3.63, 3.8) is 0 Å². The van der Waals surface area contributed by atoms with E-state index < -0.39 is 9.05 Å². The molecule has 0 aliphatic rings. The van der Waals surface area contributed by atoms with E-state index in [1.165, 1.54) is 12.1 Å². The fourth-order valence-corrected chi connectivity index (χ4v) is 2.67. The van der Waals surface area contributed by atoms with Crippen LogP contribution in [0.3, 0.4) is 0 Å². The van der Waals surface area contributed by atoms with Crippen molar-refractivity contribution in [2.75, 3.05) is 13.2 Å². The first-order chi connectivity index (χ1) is 8.59. The first-order valence-corrected chi connectivity index (χ1v) is 8.71. The maximum absolute atomic E-state index is 11.2. The van der Waals surface area contributed by atoms with E-state index in [0.717, 1.165) is 0 Å². The Kier molecular flexibility index (Phi) is 5.67. The average molecular weight is 372 g/mol. The van der Waals surface area contributed by atoms with E-state index in [-0.39, 0.29) is 10.5 Å². The zero-order valence-electron chi connectivity index (χ0n) is 10.9. The largest absolute Gasteiger partial charge is 0.490 e. The molecule has 4 nitrogen and oxygen atoms in total. The van der Waals surface area contributed by atoms with E-state index in [4.69, 9.17) is 20.2 Å². The van der Waals surface area contributed by atoms with Crippen molar-refractivity contribution in [3.05, 3.63) is 22.7 Å². The van der Waals surface area contributed by atoms with Crippen molar-refractivity contribution in [1.82, 2.24) is 0 Å². The highest BCUT2D eigenvalue weighted by molar-refractivity contribution is 9.10. The number of benzene rings is 1. The number of hydrogen-bond donors (Lipinski definition) is 0. The summed E-state index contributed by atoms with van der Waals surface area (Å²) in [5.41, 5.74) is -0.211. The van der Waals surface area contributed by atoms with Gasteiger partial charge in [0.2, 0.25) is 0 Å². The molecular weight excluding hydrogens is 356 g/mol. The molecule has 0 amide bonds. The van der Waals surface area contributed by atoms with Crippen molar-refractivity contribution in [2.24, 2.45) is 0 Å². The number of hydrogen-bond acceptors (Lipinski definition) is 4. The maximum atomic E-state index is 11.2. The van der Waals surface area contributed by atoms with Crippen LogP contribution in [0.5, 0.6) is 5.75 Å². The summed E-state index contributed by atoms with van der Waals surface area (Å²) in [6.07, 6.45) is 0. The van der Waals surface area contributed by atoms with Crippen LogP contribution < -0.4 is 4.74 Å². The molecule has 0 spiro atoms. The molecule has 108 valence electrons. The van der Waals surface area contributed by atoms with Gasteiger partial charge in [-0.05, 0) is 54.9 Å². The van der Waals surface area contributed by atoms with Gasteiger partial charge in [0, 0.05) is 10.7 Å². The molecule has 0 aromatic heterocycles. The third-order valence-electron chi connectivity index (χ3n) is 2.06. The quantitative estimate of drug-likeness (QED) is 0.586. The molecule has 0 heterocycles. The first-order valence-electron chi connectivity index (χ1n) is 5.60. The van der Waals surface area contributed by atoms with Crippen LogP contribution >= 0.6 is 26.6 Å². The van der Waals surface area contributed by atoms with E-state index in [1.54, 1.807) is 6.07 Å². The van der Waals surface area contributed by atoms with Crippen LogP contribution in [0.1, 0.15) is 20.8 Å². The highest BCUT2D eigenvalue weighted by Crippen LogP contribution is 2.29. The first kappa shape index (κ1) is 16.8. The van der Waals surface area contributed by atoms with Crippen molar-refractivity contribution >= 4 is 35.7 Å². The lowest BCUT2D eigenvalue weighted by Gasteiger charge is -2.19. The molecule has 0 saturated carbocycles. The van der Waals surface area contributed by atoms with Gasteiger partial charge in [0.15, 0.2) is 0 Å². The summed E-state index contributed by atoms with van der Waals surface area (Å²) < 4.78 is 33.8. The summed E-state index contributed by atoms with van der Waals surface area (Å²) in [5.74, 6) is 0.543. The molecule has 0 aliphatic heterocycles. The average Bonchev–Trinajstić information content (AvgIpc) is 2.23. The van der Waals surface area contributed by atoms with E-state index >= 15 is 0 Å². The van der Waals surface area contributed by atoms with Gasteiger partial charge in [0.05, 0.1) is 21.6 Å². The molecular formula is C12H16BrClO4S. The van der Waals surface area contributed by atoms with Gasteiger partial charge in [-0.3, -0.25) is 0 Å². The zero-order valence-corrected chi connectivity index (χ0v) is 14.1. The van der Waals surface area contributed by atoms with Crippen molar-refractivity contribution < 1.29 is 17.9 Å². The van der Waals surface area contributed by atoms with Gasteiger partial charge in [0.1, 0.15) is 12.4 Å². The number of ether oxygens (including phenoxy) is 2. The predicted molar refractivity (Wildman–Crippen MR) is 78.4 cm³/mol. The smallest absolute Gasteiger partial charge is 0.261 e. The van der Waals surface area contributed by atoms with Gasteiger partial charge in [0.25, 0.3) is 9.05 Å². The Bertz CT molecular complexity index is 537. The van der Waals surface area contributed by atoms with Gasteiger partial charge in [-0.15, -0.1) is 0 Å². The summed E-state index contributed by atoms with van der Waals surface area (Å²) in [5, 5.41) is 0. The van der Waals surface area contributed by atoms with Gasteiger partial charge >= 0.3 is 0 Å². The Morgan fingerprint density at radius 1 is 1.26 bits per heavy atom. The van der Waals surface area contributed by atoms with Crippen molar-refractivity contribution in [3.8, 4) is 5.75 Å². The normalized spacial score (nSPS) is 12.5. The third-order valence-corrected chi connectivity index (χ3v) is 4.03. The number of rotatable bonds is 5. The van der Waals surface area contributed by atoms with Crippen molar-refractivity contribution in [1.29, 1.82) is 0 Å². The molecule has 0 unspecified atom stereocenters. The van der Waals surface area contributed by atoms with E-state index in [9.17, 15) is 8.42 Å². The Balaban J connectivity index is 2.61. The second-order valence-electron chi connectivity index (χ2n) is 4.84. The lowest BCUT2D eigenvalue weighted by Crippen LogP contribution is -2.22. The molecule has 0 saturated heterocycles. The molecule has 19 heavy (non-hydrogen) atoms. The molecule has 0 N–H and O–H groups in total. The van der Waals surface area contributed by atoms with Gasteiger partial charge in [-0.1, -0.05) is 0 Å². The van der Waals surface area contributed by atoms with Crippen LogP contribution in [-0.2, 0) is 13.8 Å².